The molecule has 0 atom stereocenters. The SMILES string of the molecule is CCCCCCCCOc1nc(N)nc(CCC[Si](OCC)(OCC)OCC)n1. The Morgan fingerprint density at radius 3 is 2.00 bits per heavy atom. The van der Waals surface area contributed by atoms with Crippen molar-refractivity contribution in [3.05, 3.63) is 5.82 Å². The summed E-state index contributed by atoms with van der Waals surface area (Å²) in [4.78, 5) is 12.7. The molecule has 0 aliphatic carbocycles. The summed E-state index contributed by atoms with van der Waals surface area (Å²) in [6.45, 7) is 10.4. The lowest BCUT2D eigenvalue weighted by Gasteiger charge is -2.28. The number of aromatic nitrogens is 3. The molecule has 9 heteroatoms. The maximum atomic E-state index is 5.89. The lowest BCUT2D eigenvalue weighted by Crippen LogP contribution is -2.46. The molecule has 0 aliphatic rings. The molecule has 0 fully saturated rings. The number of unbranched alkanes of at least 4 members (excludes halogenated alkanes) is 5. The number of ether oxygens (including phenoxy) is 1. The highest BCUT2D eigenvalue weighted by Crippen LogP contribution is 2.20. The van der Waals surface area contributed by atoms with E-state index in [4.69, 9.17) is 23.7 Å². The molecule has 0 aromatic carbocycles. The van der Waals surface area contributed by atoms with Crippen molar-refractivity contribution < 1.29 is 18.0 Å². The molecular formula is C20H40N4O4Si. The topological polar surface area (TPSA) is 102 Å². The normalized spacial score (nSPS) is 11.7. The predicted molar refractivity (Wildman–Crippen MR) is 117 cm³/mol. The molecule has 0 amide bonds. The fraction of sp³-hybridized carbons (Fsp3) is 0.850. The van der Waals surface area contributed by atoms with Crippen LogP contribution in [0.2, 0.25) is 6.04 Å². The van der Waals surface area contributed by atoms with Crippen LogP contribution >= 0.6 is 0 Å². The molecule has 0 saturated heterocycles. The summed E-state index contributed by atoms with van der Waals surface area (Å²) >= 11 is 0. The summed E-state index contributed by atoms with van der Waals surface area (Å²) in [5.74, 6) is 0.818. The molecule has 168 valence electrons. The van der Waals surface area contributed by atoms with Crippen LogP contribution in [0.4, 0.5) is 5.95 Å². The van der Waals surface area contributed by atoms with Crippen molar-refractivity contribution in [3.63, 3.8) is 0 Å². The van der Waals surface area contributed by atoms with E-state index in [9.17, 15) is 0 Å². The Kier molecular flexibility index (Phi) is 13.8. The molecule has 0 spiro atoms. The van der Waals surface area contributed by atoms with Crippen LogP contribution in [-0.2, 0) is 19.7 Å². The zero-order valence-electron chi connectivity index (χ0n) is 18.7. The smallest absolute Gasteiger partial charge is 0.463 e. The molecular weight excluding hydrogens is 388 g/mol. The predicted octanol–water partition coefficient (Wildman–Crippen LogP) is 4.17. The van der Waals surface area contributed by atoms with Gasteiger partial charge in [0.1, 0.15) is 5.82 Å². The molecule has 0 radical (unpaired) electrons. The van der Waals surface area contributed by atoms with Crippen molar-refractivity contribution in [2.75, 3.05) is 32.2 Å². The second-order valence-electron chi connectivity index (χ2n) is 6.84. The average Bonchev–Trinajstić information content (AvgIpc) is 2.67. The van der Waals surface area contributed by atoms with Gasteiger partial charge in [-0.25, -0.2) is 0 Å². The molecule has 0 bridgehead atoms. The monoisotopic (exact) mass is 428 g/mol. The van der Waals surface area contributed by atoms with Gasteiger partial charge in [-0.15, -0.1) is 0 Å². The number of nitrogens with two attached hydrogens (primary N) is 1. The minimum absolute atomic E-state index is 0.191. The Bertz CT molecular complexity index is 534. The van der Waals surface area contributed by atoms with Crippen LogP contribution in [-0.4, -0.2) is 50.2 Å². The van der Waals surface area contributed by atoms with Gasteiger partial charge in [-0.1, -0.05) is 39.0 Å². The van der Waals surface area contributed by atoms with Crippen LogP contribution in [0.25, 0.3) is 0 Å². The van der Waals surface area contributed by atoms with E-state index in [1.165, 1.54) is 25.7 Å². The average molecular weight is 429 g/mol. The number of hydrogen-bond acceptors (Lipinski definition) is 8. The Hall–Kier alpha value is -1.29. The number of rotatable bonds is 18. The first-order chi connectivity index (χ1) is 14.1. The van der Waals surface area contributed by atoms with Crippen LogP contribution in [0.1, 0.15) is 78.5 Å². The molecule has 0 saturated carbocycles. The number of hydrogen-bond donors (Lipinski definition) is 1. The van der Waals surface area contributed by atoms with Gasteiger partial charge in [-0.3, -0.25) is 0 Å². The number of nitrogen functional groups attached to an aromatic ring is 1. The van der Waals surface area contributed by atoms with Crippen molar-refractivity contribution in [2.45, 2.75) is 85.1 Å². The standard InChI is InChI=1S/C20H40N4O4Si/c1-5-9-10-11-12-13-16-25-20-23-18(22-19(21)24-20)15-14-17-29(26-6-2,27-7-3)28-8-4/h5-17H2,1-4H3,(H2,21,22,23,24). The molecule has 1 aromatic rings. The molecule has 1 heterocycles. The van der Waals surface area contributed by atoms with E-state index in [0.717, 1.165) is 19.3 Å². The first-order valence-corrected chi connectivity index (χ1v) is 13.1. The fourth-order valence-corrected chi connectivity index (χ4v) is 5.71. The highest BCUT2D eigenvalue weighted by molar-refractivity contribution is 6.60. The quantitative estimate of drug-likeness (QED) is 0.274. The Balaban J connectivity index is 2.50. The minimum atomic E-state index is -2.65. The lowest BCUT2D eigenvalue weighted by atomic mass is 10.1. The van der Waals surface area contributed by atoms with Crippen molar-refractivity contribution in [3.8, 4) is 6.01 Å². The molecule has 29 heavy (non-hydrogen) atoms. The fourth-order valence-electron chi connectivity index (χ4n) is 3.10. The van der Waals surface area contributed by atoms with Gasteiger partial charge in [-0.05, 0) is 33.6 Å². The van der Waals surface area contributed by atoms with E-state index in [0.29, 0.717) is 50.7 Å². The van der Waals surface area contributed by atoms with E-state index in [1.54, 1.807) is 0 Å². The van der Waals surface area contributed by atoms with Crippen LogP contribution in [0.5, 0.6) is 6.01 Å². The first kappa shape index (κ1) is 25.7. The van der Waals surface area contributed by atoms with Gasteiger partial charge in [0, 0.05) is 32.3 Å². The van der Waals surface area contributed by atoms with E-state index >= 15 is 0 Å². The summed E-state index contributed by atoms with van der Waals surface area (Å²) in [5.41, 5.74) is 5.84. The van der Waals surface area contributed by atoms with Crippen molar-refractivity contribution in [2.24, 2.45) is 0 Å². The second kappa shape index (κ2) is 15.5. The highest BCUT2D eigenvalue weighted by Gasteiger charge is 2.39. The van der Waals surface area contributed by atoms with Crippen LogP contribution in [0, 0.1) is 0 Å². The molecule has 0 unspecified atom stereocenters. The Morgan fingerprint density at radius 1 is 0.759 bits per heavy atom. The van der Waals surface area contributed by atoms with Gasteiger partial charge in [0.2, 0.25) is 5.95 Å². The third kappa shape index (κ3) is 10.9. The van der Waals surface area contributed by atoms with Gasteiger partial charge in [0.15, 0.2) is 0 Å². The van der Waals surface area contributed by atoms with Gasteiger partial charge in [0.25, 0.3) is 0 Å². The third-order valence-electron chi connectivity index (χ3n) is 4.38. The van der Waals surface area contributed by atoms with Gasteiger partial charge >= 0.3 is 14.8 Å². The van der Waals surface area contributed by atoms with Crippen molar-refractivity contribution in [1.82, 2.24) is 15.0 Å². The summed E-state index contributed by atoms with van der Waals surface area (Å²) in [6, 6.07) is 1.02. The summed E-state index contributed by atoms with van der Waals surface area (Å²) in [7, 11) is -2.65. The third-order valence-corrected chi connectivity index (χ3v) is 7.54. The van der Waals surface area contributed by atoms with E-state index < -0.39 is 8.80 Å². The maximum absolute atomic E-state index is 5.89. The Morgan fingerprint density at radius 2 is 1.38 bits per heavy atom. The van der Waals surface area contributed by atoms with Crippen LogP contribution in [0.3, 0.4) is 0 Å². The molecule has 2 N–H and O–H groups in total. The van der Waals surface area contributed by atoms with Gasteiger partial charge in [0.05, 0.1) is 6.61 Å². The first-order valence-electron chi connectivity index (χ1n) is 11.1. The largest absolute Gasteiger partial charge is 0.500 e. The van der Waals surface area contributed by atoms with E-state index in [-0.39, 0.29) is 5.95 Å². The Labute approximate surface area is 177 Å². The number of anilines is 1. The van der Waals surface area contributed by atoms with Gasteiger partial charge in [-0.2, -0.15) is 15.0 Å². The van der Waals surface area contributed by atoms with Gasteiger partial charge < -0.3 is 23.7 Å². The van der Waals surface area contributed by atoms with E-state index in [1.807, 2.05) is 20.8 Å². The zero-order chi connectivity index (χ0) is 21.4. The summed E-state index contributed by atoms with van der Waals surface area (Å²) < 4.78 is 23.4. The zero-order valence-corrected chi connectivity index (χ0v) is 19.7. The van der Waals surface area contributed by atoms with Crippen molar-refractivity contribution >= 4 is 14.8 Å². The van der Waals surface area contributed by atoms with E-state index in [2.05, 4.69) is 21.9 Å². The van der Waals surface area contributed by atoms with Crippen LogP contribution < -0.4 is 10.5 Å². The molecule has 1 rings (SSSR count). The number of aryl methyl sites for hydroxylation is 1. The second-order valence-corrected chi connectivity index (χ2v) is 9.58. The summed E-state index contributed by atoms with van der Waals surface area (Å²) in [5, 5.41) is 0. The minimum Gasteiger partial charge on any atom is -0.463 e. The molecule has 8 nitrogen and oxygen atoms in total. The molecule has 1 aromatic heterocycles. The highest BCUT2D eigenvalue weighted by atomic mass is 28.4. The lowest BCUT2D eigenvalue weighted by molar-refractivity contribution is 0.0708. The maximum Gasteiger partial charge on any atom is 0.500 e. The molecule has 0 aliphatic heterocycles. The summed E-state index contributed by atoms with van der Waals surface area (Å²) in [6.07, 6.45) is 8.67. The van der Waals surface area contributed by atoms with Crippen molar-refractivity contribution in [1.29, 1.82) is 0 Å². The number of nitrogens with zero attached hydrogens (tertiary/aromatic N) is 3. The van der Waals surface area contributed by atoms with Crippen LogP contribution in [0.15, 0.2) is 0 Å².